The predicted octanol–water partition coefficient (Wildman–Crippen LogP) is 1.37. The fraction of sp³-hybridized carbons (Fsp3) is 0.300. The van der Waals surface area contributed by atoms with Gasteiger partial charge in [-0.05, 0) is 6.92 Å². The lowest BCUT2D eigenvalue weighted by Crippen LogP contribution is -2.16. The number of hydrogen-bond acceptors (Lipinski definition) is 4. The van der Waals surface area contributed by atoms with Gasteiger partial charge in [0, 0.05) is 18.5 Å². The first kappa shape index (κ1) is 10.8. The van der Waals surface area contributed by atoms with E-state index in [0.29, 0.717) is 12.2 Å². The average molecular weight is 236 g/mol. The fourth-order valence-corrected chi connectivity index (χ4v) is 1.96. The van der Waals surface area contributed by atoms with Gasteiger partial charge in [-0.1, -0.05) is 0 Å². The zero-order valence-electron chi connectivity index (χ0n) is 9.10. The number of aromatic nitrogens is 3. The van der Waals surface area contributed by atoms with Crippen molar-refractivity contribution in [2.24, 2.45) is 7.05 Å². The van der Waals surface area contributed by atoms with E-state index in [9.17, 15) is 4.79 Å². The summed E-state index contributed by atoms with van der Waals surface area (Å²) in [4.78, 5) is 15.7. The van der Waals surface area contributed by atoms with Crippen LogP contribution in [0.2, 0.25) is 0 Å². The highest BCUT2D eigenvalue weighted by Crippen LogP contribution is 2.09. The van der Waals surface area contributed by atoms with Gasteiger partial charge in [-0.3, -0.25) is 9.48 Å². The summed E-state index contributed by atoms with van der Waals surface area (Å²) in [6.45, 7) is 1.89. The third-order valence-corrected chi connectivity index (χ3v) is 2.73. The van der Waals surface area contributed by atoms with Gasteiger partial charge in [0.15, 0.2) is 0 Å². The highest BCUT2D eigenvalue weighted by Gasteiger charge is 2.08. The Morgan fingerprint density at radius 2 is 2.44 bits per heavy atom. The Morgan fingerprint density at radius 3 is 3.00 bits per heavy atom. The maximum atomic E-state index is 11.7. The van der Waals surface area contributed by atoms with E-state index in [2.05, 4.69) is 15.4 Å². The molecule has 1 N–H and O–H groups in total. The fourth-order valence-electron chi connectivity index (χ4n) is 1.40. The van der Waals surface area contributed by atoms with Gasteiger partial charge in [0.25, 0.3) is 0 Å². The molecule has 16 heavy (non-hydrogen) atoms. The van der Waals surface area contributed by atoms with E-state index in [0.717, 1.165) is 11.4 Å². The molecular formula is C10H12N4OS. The van der Waals surface area contributed by atoms with E-state index < -0.39 is 0 Å². The molecule has 1 amide bonds. The number of nitrogens with zero attached hydrogens (tertiary/aromatic N) is 3. The van der Waals surface area contributed by atoms with Crippen molar-refractivity contribution in [3.63, 3.8) is 0 Å². The van der Waals surface area contributed by atoms with Crippen LogP contribution < -0.4 is 5.32 Å². The Labute approximate surface area is 97.1 Å². The largest absolute Gasteiger partial charge is 0.311 e. The molecule has 6 heteroatoms. The zero-order valence-corrected chi connectivity index (χ0v) is 9.91. The predicted molar refractivity (Wildman–Crippen MR) is 62.4 cm³/mol. The Morgan fingerprint density at radius 1 is 1.62 bits per heavy atom. The third-order valence-electron chi connectivity index (χ3n) is 2.09. The van der Waals surface area contributed by atoms with Crippen molar-refractivity contribution in [2.45, 2.75) is 13.3 Å². The first-order chi connectivity index (χ1) is 7.65. The minimum absolute atomic E-state index is 0.0751. The van der Waals surface area contributed by atoms with E-state index >= 15 is 0 Å². The molecular weight excluding hydrogens is 224 g/mol. The van der Waals surface area contributed by atoms with Gasteiger partial charge in [-0.25, -0.2) is 4.98 Å². The minimum Gasteiger partial charge on any atom is -0.311 e. The van der Waals surface area contributed by atoms with Gasteiger partial charge in [0.1, 0.15) is 5.82 Å². The molecule has 0 spiro atoms. The van der Waals surface area contributed by atoms with Crippen molar-refractivity contribution in [3.05, 3.63) is 28.3 Å². The monoisotopic (exact) mass is 236 g/mol. The molecule has 2 aromatic heterocycles. The van der Waals surface area contributed by atoms with Crippen LogP contribution in [0.15, 0.2) is 17.0 Å². The summed E-state index contributed by atoms with van der Waals surface area (Å²) in [7, 11) is 1.80. The van der Waals surface area contributed by atoms with E-state index in [4.69, 9.17) is 0 Å². The lowest BCUT2D eigenvalue weighted by atomic mass is 10.3. The summed E-state index contributed by atoms with van der Waals surface area (Å²) in [6.07, 6.45) is 0.299. The SMILES string of the molecule is Cc1cc(NC(=O)Cc2cscn2)n(C)n1. The minimum atomic E-state index is -0.0751. The van der Waals surface area contributed by atoms with Crippen molar-refractivity contribution in [3.8, 4) is 0 Å². The molecule has 0 bridgehead atoms. The number of thiazole rings is 1. The summed E-state index contributed by atoms with van der Waals surface area (Å²) in [6, 6.07) is 1.83. The average Bonchev–Trinajstić information content (AvgIpc) is 2.78. The molecule has 0 aromatic carbocycles. The second-order valence-electron chi connectivity index (χ2n) is 3.50. The van der Waals surface area contributed by atoms with Gasteiger partial charge < -0.3 is 5.32 Å². The maximum Gasteiger partial charge on any atom is 0.231 e. The summed E-state index contributed by atoms with van der Waals surface area (Å²) >= 11 is 1.49. The molecule has 0 saturated heterocycles. The van der Waals surface area contributed by atoms with Crippen molar-refractivity contribution in [2.75, 3.05) is 5.32 Å². The normalized spacial score (nSPS) is 10.4. The molecule has 2 heterocycles. The van der Waals surface area contributed by atoms with Crippen LogP contribution in [0.1, 0.15) is 11.4 Å². The third kappa shape index (κ3) is 2.46. The standard InChI is InChI=1S/C10H12N4OS/c1-7-3-9(14(2)13-7)12-10(15)4-8-5-16-6-11-8/h3,5-6H,4H2,1-2H3,(H,12,15). The highest BCUT2D eigenvalue weighted by atomic mass is 32.1. The lowest BCUT2D eigenvalue weighted by Gasteiger charge is -2.03. The van der Waals surface area contributed by atoms with Gasteiger partial charge in [-0.2, -0.15) is 5.10 Å². The summed E-state index contributed by atoms with van der Waals surface area (Å²) in [5.74, 6) is 0.631. The second kappa shape index (κ2) is 4.44. The number of hydrogen-bond donors (Lipinski definition) is 1. The van der Waals surface area contributed by atoms with Crippen LogP contribution in [0.25, 0.3) is 0 Å². The molecule has 0 radical (unpaired) electrons. The number of carbonyl (C=O) groups is 1. The molecule has 0 aliphatic heterocycles. The van der Waals surface area contributed by atoms with Crippen molar-refractivity contribution in [1.29, 1.82) is 0 Å². The van der Waals surface area contributed by atoms with Crippen LogP contribution in [0, 0.1) is 6.92 Å². The van der Waals surface area contributed by atoms with Crippen LogP contribution in [-0.4, -0.2) is 20.7 Å². The molecule has 5 nitrogen and oxygen atoms in total. The Balaban J connectivity index is 2.00. The number of nitrogens with one attached hydrogen (secondary N) is 1. The quantitative estimate of drug-likeness (QED) is 0.875. The van der Waals surface area contributed by atoms with Crippen molar-refractivity contribution >= 4 is 23.1 Å². The van der Waals surface area contributed by atoms with E-state index in [1.165, 1.54) is 11.3 Å². The van der Waals surface area contributed by atoms with Gasteiger partial charge in [-0.15, -0.1) is 11.3 Å². The first-order valence-corrected chi connectivity index (χ1v) is 5.77. The second-order valence-corrected chi connectivity index (χ2v) is 4.22. The molecule has 0 saturated carbocycles. The first-order valence-electron chi connectivity index (χ1n) is 4.82. The van der Waals surface area contributed by atoms with Gasteiger partial charge in [0.2, 0.25) is 5.91 Å². The number of rotatable bonds is 3. The highest BCUT2D eigenvalue weighted by molar-refractivity contribution is 7.07. The van der Waals surface area contributed by atoms with E-state index in [1.807, 2.05) is 18.4 Å². The van der Waals surface area contributed by atoms with E-state index in [-0.39, 0.29) is 5.91 Å². The van der Waals surface area contributed by atoms with Crippen LogP contribution in [-0.2, 0) is 18.3 Å². The molecule has 0 aliphatic rings. The van der Waals surface area contributed by atoms with Crippen molar-refractivity contribution < 1.29 is 4.79 Å². The number of amides is 1. The number of carbonyl (C=O) groups excluding carboxylic acids is 1. The van der Waals surface area contributed by atoms with Gasteiger partial charge in [0.05, 0.1) is 23.3 Å². The molecule has 2 rings (SSSR count). The lowest BCUT2D eigenvalue weighted by molar-refractivity contribution is -0.115. The molecule has 0 atom stereocenters. The smallest absolute Gasteiger partial charge is 0.231 e. The molecule has 84 valence electrons. The molecule has 2 aromatic rings. The Hall–Kier alpha value is -1.69. The summed E-state index contributed by atoms with van der Waals surface area (Å²) in [5, 5.41) is 8.81. The van der Waals surface area contributed by atoms with Gasteiger partial charge >= 0.3 is 0 Å². The number of anilines is 1. The Kier molecular flexibility index (Phi) is 3.00. The summed E-state index contributed by atoms with van der Waals surface area (Å²) in [5.41, 5.74) is 3.39. The van der Waals surface area contributed by atoms with Crippen LogP contribution in [0.4, 0.5) is 5.82 Å². The molecule has 0 fully saturated rings. The van der Waals surface area contributed by atoms with Crippen LogP contribution in [0.3, 0.4) is 0 Å². The zero-order chi connectivity index (χ0) is 11.5. The van der Waals surface area contributed by atoms with Crippen LogP contribution in [0.5, 0.6) is 0 Å². The van der Waals surface area contributed by atoms with Crippen LogP contribution >= 0.6 is 11.3 Å². The number of aryl methyl sites for hydroxylation is 2. The van der Waals surface area contributed by atoms with Crippen molar-refractivity contribution in [1.82, 2.24) is 14.8 Å². The summed E-state index contributed by atoms with van der Waals surface area (Å²) < 4.78 is 1.65. The molecule has 0 aliphatic carbocycles. The Bertz CT molecular complexity index is 489. The molecule has 0 unspecified atom stereocenters. The van der Waals surface area contributed by atoms with E-state index in [1.54, 1.807) is 17.2 Å². The topological polar surface area (TPSA) is 59.8 Å². The maximum absolute atomic E-state index is 11.7.